The second kappa shape index (κ2) is 5.09. The first kappa shape index (κ1) is 13.4. The third-order valence-corrected chi connectivity index (χ3v) is 4.44. The number of aliphatic hydroxyl groups excluding tert-OH is 1. The number of aliphatic carboxylic acids is 1. The SMILES string of the molecule is CN(CCC(=O)O)S(=O)(=O)N1CC[C@H](O)C1. The normalized spacial score (nSPS) is 22.8. The van der Waals surface area contributed by atoms with Crippen LogP contribution in [0.25, 0.3) is 0 Å². The van der Waals surface area contributed by atoms with Crippen LogP contribution in [0.15, 0.2) is 0 Å². The van der Waals surface area contributed by atoms with Crippen LogP contribution in [-0.4, -0.2) is 66.0 Å². The molecule has 0 aromatic heterocycles. The maximum atomic E-state index is 11.8. The molecule has 1 rings (SSSR count). The van der Waals surface area contributed by atoms with E-state index in [1.807, 2.05) is 0 Å². The Morgan fingerprint density at radius 2 is 2.19 bits per heavy atom. The number of carbonyl (C=O) groups is 1. The summed E-state index contributed by atoms with van der Waals surface area (Å²) in [4.78, 5) is 10.3. The zero-order valence-electron chi connectivity index (χ0n) is 9.03. The first-order chi connectivity index (χ1) is 7.34. The Morgan fingerprint density at radius 1 is 1.56 bits per heavy atom. The molecule has 0 amide bonds. The van der Waals surface area contributed by atoms with Crippen molar-refractivity contribution in [1.82, 2.24) is 8.61 Å². The molecule has 16 heavy (non-hydrogen) atoms. The lowest BCUT2D eigenvalue weighted by molar-refractivity contribution is -0.137. The van der Waals surface area contributed by atoms with Gasteiger partial charge in [0.15, 0.2) is 0 Å². The number of carboxylic acid groups (broad SMARTS) is 1. The third kappa shape index (κ3) is 3.14. The fourth-order valence-electron chi connectivity index (χ4n) is 1.49. The molecule has 0 radical (unpaired) electrons. The molecule has 1 saturated heterocycles. The van der Waals surface area contributed by atoms with Crippen LogP contribution in [0.4, 0.5) is 0 Å². The first-order valence-corrected chi connectivity index (χ1v) is 6.35. The van der Waals surface area contributed by atoms with Crippen LogP contribution in [0, 0.1) is 0 Å². The third-order valence-electron chi connectivity index (χ3n) is 2.49. The Hall–Kier alpha value is -0.700. The van der Waals surface area contributed by atoms with Crippen molar-refractivity contribution in [3.63, 3.8) is 0 Å². The number of aliphatic hydroxyl groups is 1. The minimum absolute atomic E-state index is 0.0652. The van der Waals surface area contributed by atoms with Crippen molar-refractivity contribution < 1.29 is 23.4 Å². The van der Waals surface area contributed by atoms with Crippen LogP contribution in [0.3, 0.4) is 0 Å². The van der Waals surface area contributed by atoms with Crippen molar-refractivity contribution in [2.75, 3.05) is 26.7 Å². The van der Waals surface area contributed by atoms with Crippen molar-refractivity contribution in [2.24, 2.45) is 0 Å². The van der Waals surface area contributed by atoms with Crippen molar-refractivity contribution in [3.05, 3.63) is 0 Å². The predicted molar refractivity (Wildman–Crippen MR) is 56.0 cm³/mol. The lowest BCUT2D eigenvalue weighted by Gasteiger charge is -2.23. The lowest BCUT2D eigenvalue weighted by atomic mass is 10.3. The molecule has 7 nitrogen and oxygen atoms in total. The highest BCUT2D eigenvalue weighted by Crippen LogP contribution is 2.15. The van der Waals surface area contributed by atoms with E-state index >= 15 is 0 Å². The minimum Gasteiger partial charge on any atom is -0.481 e. The highest BCUT2D eigenvalue weighted by atomic mass is 32.2. The van der Waals surface area contributed by atoms with Gasteiger partial charge < -0.3 is 10.2 Å². The monoisotopic (exact) mass is 252 g/mol. The molecule has 1 fully saturated rings. The summed E-state index contributed by atoms with van der Waals surface area (Å²) in [5.41, 5.74) is 0. The van der Waals surface area contributed by atoms with E-state index in [1.54, 1.807) is 0 Å². The lowest BCUT2D eigenvalue weighted by Crippen LogP contribution is -2.41. The molecule has 8 heteroatoms. The zero-order valence-corrected chi connectivity index (χ0v) is 9.85. The van der Waals surface area contributed by atoms with E-state index in [0.29, 0.717) is 6.42 Å². The minimum atomic E-state index is -3.62. The summed E-state index contributed by atoms with van der Waals surface area (Å²) in [6.07, 6.45) is -0.430. The molecule has 0 unspecified atom stereocenters. The number of nitrogens with zero attached hydrogens (tertiary/aromatic N) is 2. The molecular weight excluding hydrogens is 236 g/mol. The molecule has 1 aliphatic rings. The first-order valence-electron chi connectivity index (χ1n) is 4.95. The Balaban J connectivity index is 2.59. The largest absolute Gasteiger partial charge is 0.481 e. The van der Waals surface area contributed by atoms with Crippen LogP contribution in [0.5, 0.6) is 0 Å². The van der Waals surface area contributed by atoms with Crippen molar-refractivity contribution in [3.8, 4) is 0 Å². The van der Waals surface area contributed by atoms with Gasteiger partial charge in [0, 0.05) is 26.7 Å². The Kier molecular flexibility index (Phi) is 4.25. The maximum Gasteiger partial charge on any atom is 0.304 e. The van der Waals surface area contributed by atoms with Gasteiger partial charge >= 0.3 is 5.97 Å². The van der Waals surface area contributed by atoms with Crippen LogP contribution >= 0.6 is 0 Å². The molecule has 1 aliphatic heterocycles. The predicted octanol–water partition coefficient (Wildman–Crippen LogP) is -1.30. The summed E-state index contributed by atoms with van der Waals surface area (Å²) in [6.45, 7) is 0.297. The maximum absolute atomic E-state index is 11.8. The van der Waals surface area contributed by atoms with E-state index in [9.17, 15) is 18.3 Å². The van der Waals surface area contributed by atoms with Gasteiger partial charge in [0.05, 0.1) is 12.5 Å². The fourth-order valence-corrected chi connectivity index (χ4v) is 2.90. The van der Waals surface area contributed by atoms with Gasteiger partial charge in [0.1, 0.15) is 0 Å². The van der Waals surface area contributed by atoms with Crippen molar-refractivity contribution >= 4 is 16.2 Å². The van der Waals surface area contributed by atoms with Gasteiger partial charge in [0.2, 0.25) is 0 Å². The van der Waals surface area contributed by atoms with Gasteiger partial charge in [-0.2, -0.15) is 17.0 Å². The molecule has 0 spiro atoms. The van der Waals surface area contributed by atoms with E-state index in [4.69, 9.17) is 5.11 Å². The van der Waals surface area contributed by atoms with Crippen LogP contribution in [-0.2, 0) is 15.0 Å². The summed E-state index contributed by atoms with van der Waals surface area (Å²) in [7, 11) is -2.29. The molecule has 0 aliphatic carbocycles. The van der Waals surface area contributed by atoms with Gasteiger partial charge in [-0.3, -0.25) is 4.79 Å². The van der Waals surface area contributed by atoms with Gasteiger partial charge in [-0.05, 0) is 6.42 Å². The molecule has 1 atom stereocenters. The second-order valence-electron chi connectivity index (χ2n) is 3.77. The summed E-state index contributed by atoms with van der Waals surface area (Å²) in [5.74, 6) is -1.04. The highest BCUT2D eigenvalue weighted by molar-refractivity contribution is 7.86. The van der Waals surface area contributed by atoms with Crippen LogP contribution < -0.4 is 0 Å². The zero-order chi connectivity index (χ0) is 12.3. The quantitative estimate of drug-likeness (QED) is 0.634. The topological polar surface area (TPSA) is 98.2 Å². The van der Waals surface area contributed by atoms with Crippen LogP contribution in [0.2, 0.25) is 0 Å². The number of hydrogen-bond donors (Lipinski definition) is 2. The average Bonchev–Trinajstić information content (AvgIpc) is 2.61. The van der Waals surface area contributed by atoms with E-state index in [-0.39, 0.29) is 26.1 Å². The summed E-state index contributed by atoms with van der Waals surface area (Å²) < 4.78 is 25.8. The number of carboxylic acids is 1. The highest BCUT2D eigenvalue weighted by Gasteiger charge is 2.33. The Labute approximate surface area is 94.5 Å². The average molecular weight is 252 g/mol. The van der Waals surface area contributed by atoms with Crippen LogP contribution in [0.1, 0.15) is 12.8 Å². The Morgan fingerprint density at radius 3 is 2.62 bits per heavy atom. The van der Waals surface area contributed by atoms with E-state index in [2.05, 4.69) is 0 Å². The van der Waals surface area contributed by atoms with Gasteiger partial charge in [-0.1, -0.05) is 0 Å². The number of hydrogen-bond acceptors (Lipinski definition) is 4. The van der Waals surface area contributed by atoms with E-state index < -0.39 is 22.3 Å². The number of β-amino-alcohol motifs (C(OH)–C–C–N with tert-alkyl or cyclic N) is 1. The fraction of sp³-hybridized carbons (Fsp3) is 0.875. The summed E-state index contributed by atoms with van der Waals surface area (Å²) in [6, 6.07) is 0. The van der Waals surface area contributed by atoms with E-state index in [0.717, 1.165) is 4.31 Å². The van der Waals surface area contributed by atoms with Gasteiger partial charge in [-0.25, -0.2) is 0 Å². The van der Waals surface area contributed by atoms with Crippen molar-refractivity contribution in [2.45, 2.75) is 18.9 Å². The summed E-state index contributed by atoms with van der Waals surface area (Å²) >= 11 is 0. The second-order valence-corrected chi connectivity index (χ2v) is 5.81. The molecule has 0 bridgehead atoms. The molecule has 0 aromatic carbocycles. The molecule has 1 heterocycles. The van der Waals surface area contributed by atoms with E-state index in [1.165, 1.54) is 11.4 Å². The summed E-state index contributed by atoms with van der Waals surface area (Å²) in [5, 5.41) is 17.7. The molecule has 0 saturated carbocycles. The molecule has 94 valence electrons. The Bertz CT molecular complexity index is 355. The molecular formula is C8H16N2O5S. The molecule has 0 aromatic rings. The number of rotatable bonds is 5. The molecule has 2 N–H and O–H groups in total. The smallest absolute Gasteiger partial charge is 0.304 e. The van der Waals surface area contributed by atoms with Gasteiger partial charge in [0.25, 0.3) is 10.2 Å². The van der Waals surface area contributed by atoms with Gasteiger partial charge in [-0.15, -0.1) is 0 Å². The standard InChI is InChI=1S/C8H16N2O5S/c1-9(4-3-8(12)13)16(14,15)10-5-2-7(11)6-10/h7,11H,2-6H2,1H3,(H,12,13)/t7-/m0/s1. The van der Waals surface area contributed by atoms with Crippen molar-refractivity contribution in [1.29, 1.82) is 0 Å².